The Hall–Kier alpha value is -0.570. The molecule has 0 bridgehead atoms. The average molecular weight is 170 g/mol. The fourth-order valence-corrected chi connectivity index (χ4v) is 1.37. The second-order valence-corrected chi connectivity index (χ2v) is 4.13. The third kappa shape index (κ3) is 2.21. The van der Waals surface area contributed by atoms with Crippen molar-refractivity contribution in [1.29, 1.82) is 0 Å². The van der Waals surface area contributed by atoms with E-state index in [1.807, 2.05) is 13.8 Å². The lowest BCUT2D eigenvalue weighted by molar-refractivity contribution is -0.125. The lowest BCUT2D eigenvalue weighted by Crippen LogP contribution is -2.48. The number of rotatable bonds is 2. The molecule has 0 aliphatic carbocycles. The summed E-state index contributed by atoms with van der Waals surface area (Å²) in [5.41, 5.74) is -0.0125. The van der Waals surface area contributed by atoms with Crippen LogP contribution in [0.25, 0.3) is 0 Å². The first-order chi connectivity index (χ1) is 5.53. The lowest BCUT2D eigenvalue weighted by atomic mass is 10.0. The molecule has 70 valence electrons. The Morgan fingerprint density at radius 2 is 2.25 bits per heavy atom. The zero-order chi connectivity index (χ0) is 9.19. The summed E-state index contributed by atoms with van der Waals surface area (Å²) in [5, 5.41) is 6.30. The van der Waals surface area contributed by atoms with Crippen LogP contribution in [0.1, 0.15) is 27.2 Å². The van der Waals surface area contributed by atoms with Gasteiger partial charge in [-0.15, -0.1) is 0 Å². The summed E-state index contributed by atoms with van der Waals surface area (Å²) in [7, 11) is 0. The van der Waals surface area contributed by atoms with Crippen molar-refractivity contribution in [2.24, 2.45) is 5.92 Å². The van der Waals surface area contributed by atoms with E-state index in [1.165, 1.54) is 0 Å². The van der Waals surface area contributed by atoms with E-state index >= 15 is 0 Å². The number of carbonyl (C=O) groups excluding carboxylic acids is 1. The Morgan fingerprint density at radius 1 is 1.58 bits per heavy atom. The van der Waals surface area contributed by atoms with Gasteiger partial charge in [0, 0.05) is 12.5 Å². The fraction of sp³-hybridized carbons (Fsp3) is 0.889. The molecular weight excluding hydrogens is 152 g/mol. The van der Waals surface area contributed by atoms with E-state index in [2.05, 4.69) is 17.6 Å². The average Bonchev–Trinajstić information content (AvgIpc) is 2.35. The molecule has 1 atom stereocenters. The van der Waals surface area contributed by atoms with Crippen LogP contribution in [0.15, 0.2) is 0 Å². The molecule has 1 aliphatic rings. The molecule has 1 aliphatic heterocycles. The van der Waals surface area contributed by atoms with Gasteiger partial charge in [-0.3, -0.25) is 4.79 Å². The minimum Gasteiger partial charge on any atom is -0.349 e. The van der Waals surface area contributed by atoms with Crippen molar-refractivity contribution in [2.75, 3.05) is 13.1 Å². The number of nitrogens with one attached hydrogen (secondary N) is 2. The van der Waals surface area contributed by atoms with E-state index in [0.29, 0.717) is 0 Å². The first kappa shape index (κ1) is 9.52. The molecule has 0 aromatic heterocycles. The third-order valence-corrected chi connectivity index (χ3v) is 2.32. The first-order valence-corrected chi connectivity index (χ1v) is 4.56. The van der Waals surface area contributed by atoms with Crippen molar-refractivity contribution in [2.45, 2.75) is 32.7 Å². The van der Waals surface area contributed by atoms with Gasteiger partial charge in [0.1, 0.15) is 0 Å². The van der Waals surface area contributed by atoms with Gasteiger partial charge >= 0.3 is 0 Å². The van der Waals surface area contributed by atoms with Crippen LogP contribution in [0.3, 0.4) is 0 Å². The molecule has 1 rings (SSSR count). The number of carbonyl (C=O) groups is 1. The summed E-state index contributed by atoms with van der Waals surface area (Å²) in [6.07, 6.45) is 1.03. The van der Waals surface area contributed by atoms with Gasteiger partial charge in [-0.25, -0.2) is 0 Å². The van der Waals surface area contributed by atoms with Crippen LogP contribution in [0, 0.1) is 5.92 Å². The number of hydrogen-bond acceptors (Lipinski definition) is 2. The van der Waals surface area contributed by atoms with Gasteiger partial charge in [-0.2, -0.15) is 0 Å². The van der Waals surface area contributed by atoms with E-state index in [1.54, 1.807) is 0 Å². The summed E-state index contributed by atoms with van der Waals surface area (Å²) in [4.78, 5) is 11.4. The minimum absolute atomic E-state index is 0.0125. The maximum atomic E-state index is 11.4. The topological polar surface area (TPSA) is 41.1 Å². The van der Waals surface area contributed by atoms with Gasteiger partial charge in [0.2, 0.25) is 5.91 Å². The smallest absolute Gasteiger partial charge is 0.223 e. The summed E-state index contributed by atoms with van der Waals surface area (Å²) in [5.74, 6) is 0.239. The van der Waals surface area contributed by atoms with Crippen LogP contribution >= 0.6 is 0 Å². The molecule has 0 saturated carbocycles. The summed E-state index contributed by atoms with van der Waals surface area (Å²) >= 11 is 0. The Labute approximate surface area is 73.9 Å². The van der Waals surface area contributed by atoms with Gasteiger partial charge in [0.15, 0.2) is 0 Å². The van der Waals surface area contributed by atoms with E-state index in [0.717, 1.165) is 19.5 Å². The highest BCUT2D eigenvalue weighted by Crippen LogP contribution is 2.13. The van der Waals surface area contributed by atoms with Crippen molar-refractivity contribution in [3.05, 3.63) is 0 Å². The standard InChI is InChI=1S/C9H18N2O/c1-7(2)8(12)11-9(3)4-5-10-6-9/h7,10H,4-6H2,1-3H3,(H,11,12). The summed E-state index contributed by atoms with van der Waals surface area (Å²) in [6, 6.07) is 0. The second kappa shape index (κ2) is 3.44. The minimum atomic E-state index is -0.0125. The van der Waals surface area contributed by atoms with Crippen molar-refractivity contribution in [1.82, 2.24) is 10.6 Å². The zero-order valence-electron chi connectivity index (χ0n) is 8.11. The molecule has 2 N–H and O–H groups in total. The predicted octanol–water partition coefficient (Wildman–Crippen LogP) is 0.511. The predicted molar refractivity (Wildman–Crippen MR) is 48.9 cm³/mol. The quantitative estimate of drug-likeness (QED) is 0.634. The van der Waals surface area contributed by atoms with Crippen LogP contribution in [0.5, 0.6) is 0 Å². The highest BCUT2D eigenvalue weighted by Gasteiger charge is 2.30. The van der Waals surface area contributed by atoms with E-state index in [4.69, 9.17) is 0 Å². The number of amides is 1. The molecule has 12 heavy (non-hydrogen) atoms. The Bertz CT molecular complexity index is 171. The van der Waals surface area contributed by atoms with Gasteiger partial charge in [0.05, 0.1) is 5.54 Å². The van der Waals surface area contributed by atoms with E-state index < -0.39 is 0 Å². The Morgan fingerprint density at radius 3 is 2.67 bits per heavy atom. The molecule has 1 unspecified atom stereocenters. The van der Waals surface area contributed by atoms with Crippen molar-refractivity contribution >= 4 is 5.91 Å². The van der Waals surface area contributed by atoms with Crippen LogP contribution < -0.4 is 10.6 Å². The van der Waals surface area contributed by atoms with Crippen LogP contribution in [-0.2, 0) is 4.79 Å². The molecular formula is C9H18N2O. The molecule has 0 aromatic rings. The SMILES string of the molecule is CC(C)C(=O)NC1(C)CCNC1. The maximum absolute atomic E-state index is 11.4. The van der Waals surface area contributed by atoms with Crippen molar-refractivity contribution in [3.8, 4) is 0 Å². The highest BCUT2D eigenvalue weighted by molar-refractivity contribution is 5.78. The highest BCUT2D eigenvalue weighted by atomic mass is 16.2. The van der Waals surface area contributed by atoms with E-state index in [-0.39, 0.29) is 17.4 Å². The number of hydrogen-bond donors (Lipinski definition) is 2. The van der Waals surface area contributed by atoms with E-state index in [9.17, 15) is 4.79 Å². The molecule has 1 fully saturated rings. The van der Waals surface area contributed by atoms with Gasteiger partial charge < -0.3 is 10.6 Å². The Balaban J connectivity index is 2.44. The molecule has 1 amide bonds. The van der Waals surface area contributed by atoms with Gasteiger partial charge in [-0.05, 0) is 19.9 Å². The monoisotopic (exact) mass is 170 g/mol. The first-order valence-electron chi connectivity index (χ1n) is 4.56. The third-order valence-electron chi connectivity index (χ3n) is 2.32. The Kier molecular flexibility index (Phi) is 2.73. The zero-order valence-corrected chi connectivity index (χ0v) is 8.11. The molecule has 1 heterocycles. The second-order valence-electron chi connectivity index (χ2n) is 4.13. The largest absolute Gasteiger partial charge is 0.349 e. The maximum Gasteiger partial charge on any atom is 0.223 e. The summed E-state index contributed by atoms with van der Waals surface area (Å²) in [6.45, 7) is 7.83. The molecule has 1 saturated heterocycles. The van der Waals surface area contributed by atoms with Gasteiger partial charge in [0.25, 0.3) is 0 Å². The molecule has 0 radical (unpaired) electrons. The lowest BCUT2D eigenvalue weighted by Gasteiger charge is -2.25. The molecule has 3 nitrogen and oxygen atoms in total. The molecule has 0 aromatic carbocycles. The van der Waals surface area contributed by atoms with Crippen molar-refractivity contribution < 1.29 is 4.79 Å². The fourth-order valence-electron chi connectivity index (χ4n) is 1.37. The van der Waals surface area contributed by atoms with Crippen LogP contribution in [0.4, 0.5) is 0 Å². The van der Waals surface area contributed by atoms with Crippen LogP contribution in [-0.4, -0.2) is 24.5 Å². The molecule has 0 spiro atoms. The van der Waals surface area contributed by atoms with Crippen molar-refractivity contribution in [3.63, 3.8) is 0 Å². The van der Waals surface area contributed by atoms with Crippen LogP contribution in [0.2, 0.25) is 0 Å². The normalized spacial score (nSPS) is 29.3. The summed E-state index contributed by atoms with van der Waals surface area (Å²) < 4.78 is 0. The molecule has 3 heteroatoms. The van der Waals surface area contributed by atoms with Gasteiger partial charge in [-0.1, -0.05) is 13.8 Å².